The number of amides is 1. The minimum Gasteiger partial charge on any atom is -0.366 e. The molecule has 0 bridgehead atoms. The van der Waals surface area contributed by atoms with E-state index in [1.54, 1.807) is 11.3 Å². The summed E-state index contributed by atoms with van der Waals surface area (Å²) in [5.74, 6) is 0.0621. The van der Waals surface area contributed by atoms with Crippen molar-refractivity contribution in [3.05, 3.63) is 16.1 Å². The predicted molar refractivity (Wildman–Crippen MR) is 82.3 cm³/mol. The monoisotopic (exact) mass is 309 g/mol. The zero-order valence-electron chi connectivity index (χ0n) is 12.5. The second kappa shape index (κ2) is 6.85. The summed E-state index contributed by atoms with van der Waals surface area (Å²) in [5, 5.41) is 4.23. The van der Waals surface area contributed by atoms with E-state index in [9.17, 15) is 4.79 Å². The summed E-state index contributed by atoms with van der Waals surface area (Å²) < 4.78 is 5.66. The third-order valence-corrected chi connectivity index (χ3v) is 5.09. The summed E-state index contributed by atoms with van der Waals surface area (Å²) in [6.45, 7) is 5.06. The Hall–Kier alpha value is -0.980. The molecule has 1 atom stereocenters. The van der Waals surface area contributed by atoms with Crippen molar-refractivity contribution >= 4 is 17.2 Å². The lowest BCUT2D eigenvalue weighted by atomic mass is 10.2. The van der Waals surface area contributed by atoms with Crippen molar-refractivity contribution < 1.29 is 9.53 Å². The van der Waals surface area contributed by atoms with Gasteiger partial charge >= 0.3 is 0 Å². The Kier molecular flexibility index (Phi) is 4.87. The minimum atomic E-state index is -0.326. The van der Waals surface area contributed by atoms with Gasteiger partial charge in [-0.2, -0.15) is 0 Å². The first-order valence-electron chi connectivity index (χ1n) is 7.76. The number of hydrogen-bond acceptors (Lipinski definition) is 5. The molecule has 0 spiro atoms. The molecule has 0 unspecified atom stereocenters. The summed E-state index contributed by atoms with van der Waals surface area (Å²) in [4.78, 5) is 20.1. The summed E-state index contributed by atoms with van der Waals surface area (Å²) in [5.41, 5.74) is 0. The average Bonchev–Trinajstić information content (AvgIpc) is 3.11. The summed E-state index contributed by atoms with van der Waals surface area (Å²) in [6, 6.07) is 0.362. The van der Waals surface area contributed by atoms with Crippen LogP contribution < -0.4 is 5.32 Å². The molecule has 1 aliphatic heterocycles. The van der Waals surface area contributed by atoms with Crippen molar-refractivity contribution in [3.8, 4) is 0 Å². The first-order valence-corrected chi connectivity index (χ1v) is 8.58. The van der Waals surface area contributed by atoms with Gasteiger partial charge in [0.25, 0.3) is 5.91 Å². The van der Waals surface area contributed by atoms with Crippen LogP contribution in [0.15, 0.2) is 6.20 Å². The number of nitrogens with zero attached hydrogens (tertiary/aromatic N) is 2. The number of aromatic nitrogens is 1. The Morgan fingerprint density at radius 3 is 3.05 bits per heavy atom. The van der Waals surface area contributed by atoms with Crippen molar-refractivity contribution in [2.24, 2.45) is 0 Å². The molecule has 2 heterocycles. The number of ether oxygens (including phenoxy) is 1. The summed E-state index contributed by atoms with van der Waals surface area (Å²) in [7, 11) is 0. The van der Waals surface area contributed by atoms with Gasteiger partial charge in [-0.25, -0.2) is 4.98 Å². The molecule has 3 rings (SSSR count). The minimum absolute atomic E-state index is 0.0621. The molecule has 0 aromatic carbocycles. The Balaban J connectivity index is 1.51. The van der Waals surface area contributed by atoms with Crippen molar-refractivity contribution in [1.29, 1.82) is 0 Å². The molecule has 1 saturated heterocycles. The highest BCUT2D eigenvalue weighted by molar-refractivity contribution is 7.11. The van der Waals surface area contributed by atoms with E-state index >= 15 is 0 Å². The molecular formula is C15H23N3O2S. The molecular weight excluding hydrogens is 286 g/mol. The van der Waals surface area contributed by atoms with E-state index in [2.05, 4.69) is 15.2 Å². The molecule has 2 fully saturated rings. The van der Waals surface area contributed by atoms with Gasteiger partial charge in [0.2, 0.25) is 0 Å². The maximum absolute atomic E-state index is 12.3. The predicted octanol–water partition coefficient (Wildman–Crippen LogP) is 1.71. The largest absolute Gasteiger partial charge is 0.366 e. The fraction of sp³-hybridized carbons (Fsp3) is 0.733. The number of morpholine rings is 1. The third kappa shape index (κ3) is 4.02. The normalized spacial score (nSPS) is 24.3. The SMILES string of the molecule is Cc1ncc(CN2CCO[C@H](C(=O)NC3CCCC3)C2)s1. The van der Waals surface area contributed by atoms with E-state index in [0.717, 1.165) is 30.9 Å². The maximum atomic E-state index is 12.3. The van der Waals surface area contributed by atoms with E-state index in [1.165, 1.54) is 17.7 Å². The van der Waals surface area contributed by atoms with Gasteiger partial charge in [0.05, 0.1) is 11.6 Å². The van der Waals surface area contributed by atoms with Crippen molar-refractivity contribution in [1.82, 2.24) is 15.2 Å². The molecule has 1 amide bonds. The zero-order valence-corrected chi connectivity index (χ0v) is 13.3. The second-order valence-corrected chi connectivity index (χ2v) is 7.25. The Morgan fingerprint density at radius 1 is 1.52 bits per heavy atom. The van der Waals surface area contributed by atoms with Crippen LogP contribution in [-0.4, -0.2) is 47.6 Å². The Bertz CT molecular complexity index is 485. The van der Waals surface area contributed by atoms with Gasteiger partial charge in [0.15, 0.2) is 0 Å². The molecule has 1 N–H and O–H groups in total. The number of carbonyl (C=O) groups excluding carboxylic acids is 1. The molecule has 21 heavy (non-hydrogen) atoms. The van der Waals surface area contributed by atoms with Crippen molar-refractivity contribution in [2.45, 2.75) is 51.3 Å². The number of thiazole rings is 1. The summed E-state index contributed by atoms with van der Waals surface area (Å²) in [6.07, 6.45) is 6.29. The van der Waals surface area contributed by atoms with Gasteiger partial charge in [-0.3, -0.25) is 9.69 Å². The average molecular weight is 309 g/mol. The molecule has 6 heteroatoms. The van der Waals surface area contributed by atoms with E-state index in [1.807, 2.05) is 13.1 Å². The highest BCUT2D eigenvalue weighted by atomic mass is 32.1. The number of aryl methyl sites for hydroxylation is 1. The van der Waals surface area contributed by atoms with E-state index in [-0.39, 0.29) is 12.0 Å². The standard InChI is InChI=1S/C15H23N3O2S/c1-11-16-8-13(21-11)9-18-6-7-20-14(10-18)15(19)17-12-4-2-3-5-12/h8,12,14H,2-7,9-10H2,1H3,(H,17,19)/t14-/m0/s1. The molecule has 2 aliphatic rings. The number of carbonyl (C=O) groups is 1. The smallest absolute Gasteiger partial charge is 0.250 e. The van der Waals surface area contributed by atoms with Crippen LogP contribution in [0.25, 0.3) is 0 Å². The third-order valence-electron chi connectivity index (χ3n) is 4.19. The quantitative estimate of drug-likeness (QED) is 0.920. The molecule has 1 aromatic heterocycles. The Morgan fingerprint density at radius 2 is 2.33 bits per heavy atom. The van der Waals surface area contributed by atoms with Crippen LogP contribution in [0.2, 0.25) is 0 Å². The first-order chi connectivity index (χ1) is 10.2. The van der Waals surface area contributed by atoms with Crippen LogP contribution in [0.1, 0.15) is 35.6 Å². The van der Waals surface area contributed by atoms with Crippen molar-refractivity contribution in [3.63, 3.8) is 0 Å². The van der Waals surface area contributed by atoms with Gasteiger partial charge in [-0.1, -0.05) is 12.8 Å². The fourth-order valence-corrected chi connectivity index (χ4v) is 3.91. The van der Waals surface area contributed by atoms with Crippen LogP contribution in [0.5, 0.6) is 0 Å². The van der Waals surface area contributed by atoms with Gasteiger partial charge in [0.1, 0.15) is 6.10 Å². The van der Waals surface area contributed by atoms with Crippen LogP contribution >= 0.6 is 11.3 Å². The molecule has 1 saturated carbocycles. The first kappa shape index (κ1) is 14.9. The lowest BCUT2D eigenvalue weighted by Crippen LogP contribution is -2.51. The number of rotatable bonds is 4. The van der Waals surface area contributed by atoms with Crippen LogP contribution in [-0.2, 0) is 16.1 Å². The van der Waals surface area contributed by atoms with Gasteiger partial charge in [-0.05, 0) is 19.8 Å². The maximum Gasteiger partial charge on any atom is 0.250 e. The summed E-state index contributed by atoms with van der Waals surface area (Å²) >= 11 is 1.72. The topological polar surface area (TPSA) is 54.5 Å². The molecule has 116 valence electrons. The molecule has 1 aliphatic carbocycles. The Labute approximate surface area is 129 Å². The van der Waals surface area contributed by atoms with E-state index in [0.29, 0.717) is 19.2 Å². The van der Waals surface area contributed by atoms with Crippen LogP contribution in [0.4, 0.5) is 0 Å². The van der Waals surface area contributed by atoms with Crippen LogP contribution in [0, 0.1) is 6.92 Å². The van der Waals surface area contributed by atoms with Crippen molar-refractivity contribution in [2.75, 3.05) is 19.7 Å². The number of nitrogens with one attached hydrogen (secondary N) is 1. The lowest BCUT2D eigenvalue weighted by Gasteiger charge is -2.32. The van der Waals surface area contributed by atoms with E-state index < -0.39 is 0 Å². The van der Waals surface area contributed by atoms with Gasteiger partial charge < -0.3 is 10.1 Å². The van der Waals surface area contributed by atoms with Gasteiger partial charge in [-0.15, -0.1) is 11.3 Å². The van der Waals surface area contributed by atoms with E-state index in [4.69, 9.17) is 4.74 Å². The molecule has 1 aromatic rings. The molecule has 5 nitrogen and oxygen atoms in total. The highest BCUT2D eigenvalue weighted by Crippen LogP contribution is 2.19. The zero-order chi connectivity index (χ0) is 14.7. The highest BCUT2D eigenvalue weighted by Gasteiger charge is 2.29. The number of hydrogen-bond donors (Lipinski definition) is 1. The van der Waals surface area contributed by atoms with Gasteiger partial charge in [0, 0.05) is 36.8 Å². The fourth-order valence-electron chi connectivity index (χ4n) is 3.07. The lowest BCUT2D eigenvalue weighted by molar-refractivity contribution is -0.139. The second-order valence-electron chi connectivity index (χ2n) is 5.93. The molecule has 0 radical (unpaired) electrons. The van der Waals surface area contributed by atoms with Crippen LogP contribution in [0.3, 0.4) is 0 Å².